The molecule has 1 aromatic carbocycles. The van der Waals surface area contributed by atoms with E-state index in [1.54, 1.807) is 23.7 Å². The van der Waals surface area contributed by atoms with Crippen LogP contribution in [0.4, 0.5) is 0 Å². The first-order valence-corrected chi connectivity index (χ1v) is 12.4. The first kappa shape index (κ1) is 20.8. The van der Waals surface area contributed by atoms with E-state index < -0.39 is 0 Å². The van der Waals surface area contributed by atoms with Crippen LogP contribution < -0.4 is 5.56 Å². The zero-order valence-corrected chi connectivity index (χ0v) is 19.5. The molecule has 7 nitrogen and oxygen atoms in total. The van der Waals surface area contributed by atoms with Gasteiger partial charge in [0.25, 0.3) is 11.5 Å². The molecule has 1 aliphatic rings. The number of hydrogen-bond donors (Lipinski definition) is 0. The highest BCUT2D eigenvalue weighted by atomic mass is 32.1. The lowest BCUT2D eigenvalue weighted by Crippen LogP contribution is -2.33. The molecule has 0 spiro atoms. The molecule has 1 amide bonds. The number of carbonyl (C=O) groups is 1. The molecule has 0 saturated carbocycles. The van der Waals surface area contributed by atoms with Crippen LogP contribution in [-0.2, 0) is 11.3 Å². The lowest BCUT2D eigenvalue weighted by atomic mass is 10.1. The zero-order chi connectivity index (χ0) is 23.1. The van der Waals surface area contributed by atoms with E-state index in [4.69, 9.17) is 4.42 Å². The molecule has 0 aliphatic carbocycles. The SMILES string of the molecule is O=C(Cn1cnc2scc(-c3ccccc3)c2c1=O)N1N=C(c2cccs2)C[C@@H]1c1ccco1. The Hall–Kier alpha value is -3.82. The molecule has 0 N–H and O–H groups in total. The molecular weight excluding hydrogens is 468 g/mol. The summed E-state index contributed by atoms with van der Waals surface area (Å²) < 4.78 is 6.97. The van der Waals surface area contributed by atoms with E-state index in [0.29, 0.717) is 22.4 Å². The normalized spacial score (nSPS) is 15.7. The maximum absolute atomic E-state index is 13.4. The summed E-state index contributed by atoms with van der Waals surface area (Å²) in [7, 11) is 0. The highest BCUT2D eigenvalue weighted by molar-refractivity contribution is 7.17. The Morgan fingerprint density at radius 3 is 2.74 bits per heavy atom. The van der Waals surface area contributed by atoms with Gasteiger partial charge in [-0.05, 0) is 29.1 Å². The number of hydrogen-bond acceptors (Lipinski definition) is 7. The van der Waals surface area contributed by atoms with Crippen molar-refractivity contribution in [3.05, 3.63) is 98.9 Å². The first-order chi connectivity index (χ1) is 16.7. The average molecular weight is 487 g/mol. The molecule has 0 radical (unpaired) electrons. The van der Waals surface area contributed by atoms with Crippen LogP contribution in [0.25, 0.3) is 21.3 Å². The highest BCUT2D eigenvalue weighted by Gasteiger charge is 2.35. The standard InChI is InChI=1S/C25H18N4O3S2/c30-22(29-19(20-8-4-10-32-20)12-18(27-29)21-9-5-11-33-21)13-28-15-26-24-23(25(28)31)17(14-34-24)16-6-2-1-3-7-16/h1-11,14-15,19H,12-13H2/t19-/m1/s1. The van der Waals surface area contributed by atoms with Gasteiger partial charge in [-0.15, -0.1) is 22.7 Å². The van der Waals surface area contributed by atoms with Crippen molar-refractivity contribution in [1.82, 2.24) is 14.6 Å². The number of aromatic nitrogens is 2. The molecule has 0 unspecified atom stereocenters. The minimum absolute atomic E-state index is 0.162. The minimum atomic E-state index is -0.354. The summed E-state index contributed by atoms with van der Waals surface area (Å²) in [5.41, 5.74) is 2.36. The Balaban J connectivity index is 1.35. The van der Waals surface area contributed by atoms with Gasteiger partial charge in [-0.2, -0.15) is 5.10 Å². The van der Waals surface area contributed by atoms with Gasteiger partial charge in [0.2, 0.25) is 0 Å². The second-order valence-electron chi connectivity index (χ2n) is 7.87. The summed E-state index contributed by atoms with van der Waals surface area (Å²) in [5.74, 6) is 0.362. The molecule has 5 heterocycles. The van der Waals surface area contributed by atoms with Gasteiger partial charge in [-0.3, -0.25) is 14.2 Å². The van der Waals surface area contributed by atoms with Crippen molar-refractivity contribution in [2.75, 3.05) is 0 Å². The number of carbonyl (C=O) groups excluding carboxylic acids is 1. The van der Waals surface area contributed by atoms with Gasteiger partial charge in [0, 0.05) is 17.4 Å². The van der Waals surface area contributed by atoms with Crippen molar-refractivity contribution in [3.8, 4) is 11.1 Å². The summed E-state index contributed by atoms with van der Waals surface area (Å²) in [6.07, 6.45) is 3.58. The molecule has 5 aromatic rings. The molecule has 1 aliphatic heterocycles. The van der Waals surface area contributed by atoms with Crippen molar-refractivity contribution < 1.29 is 9.21 Å². The topological polar surface area (TPSA) is 80.7 Å². The Morgan fingerprint density at radius 2 is 1.97 bits per heavy atom. The van der Waals surface area contributed by atoms with Gasteiger partial charge < -0.3 is 4.42 Å². The summed E-state index contributed by atoms with van der Waals surface area (Å²) in [4.78, 5) is 32.9. The lowest BCUT2D eigenvalue weighted by molar-refractivity contribution is -0.134. The number of fused-ring (bicyclic) bond motifs is 1. The first-order valence-electron chi connectivity index (χ1n) is 10.7. The van der Waals surface area contributed by atoms with E-state index in [2.05, 4.69) is 10.1 Å². The Labute approximate surface area is 202 Å². The van der Waals surface area contributed by atoms with Crippen LogP contribution in [0.3, 0.4) is 0 Å². The van der Waals surface area contributed by atoms with Crippen LogP contribution in [0.2, 0.25) is 0 Å². The summed E-state index contributed by atoms with van der Waals surface area (Å²) in [6.45, 7) is -0.162. The second kappa shape index (κ2) is 8.51. The highest BCUT2D eigenvalue weighted by Crippen LogP contribution is 2.34. The minimum Gasteiger partial charge on any atom is -0.467 e. The van der Waals surface area contributed by atoms with E-state index in [1.165, 1.54) is 27.2 Å². The van der Waals surface area contributed by atoms with Crippen molar-refractivity contribution in [2.45, 2.75) is 19.0 Å². The van der Waals surface area contributed by atoms with Gasteiger partial charge in [0.1, 0.15) is 23.2 Å². The van der Waals surface area contributed by atoms with Crippen LogP contribution >= 0.6 is 22.7 Å². The van der Waals surface area contributed by atoms with E-state index in [-0.39, 0.29) is 24.1 Å². The molecule has 0 bridgehead atoms. The summed E-state index contributed by atoms with van der Waals surface area (Å²) in [6, 6.07) is 17.0. The number of benzene rings is 1. The number of furan rings is 1. The van der Waals surface area contributed by atoms with Crippen molar-refractivity contribution in [1.29, 1.82) is 0 Å². The molecule has 0 saturated heterocycles. The van der Waals surface area contributed by atoms with Crippen LogP contribution in [-0.4, -0.2) is 26.2 Å². The van der Waals surface area contributed by atoms with Crippen molar-refractivity contribution >= 4 is 44.5 Å². The molecule has 168 valence electrons. The number of thiophene rings is 2. The Bertz CT molecular complexity index is 1550. The predicted molar refractivity (Wildman–Crippen MR) is 133 cm³/mol. The predicted octanol–water partition coefficient (Wildman–Crippen LogP) is 5.16. The number of amides is 1. The van der Waals surface area contributed by atoms with Gasteiger partial charge in [-0.1, -0.05) is 36.4 Å². The van der Waals surface area contributed by atoms with Gasteiger partial charge in [0.05, 0.1) is 28.6 Å². The smallest absolute Gasteiger partial charge is 0.263 e. The fraction of sp³-hybridized carbons (Fsp3) is 0.120. The monoisotopic (exact) mass is 486 g/mol. The maximum Gasteiger partial charge on any atom is 0.263 e. The summed E-state index contributed by atoms with van der Waals surface area (Å²) in [5, 5.41) is 10.5. The van der Waals surface area contributed by atoms with Crippen molar-refractivity contribution in [3.63, 3.8) is 0 Å². The largest absolute Gasteiger partial charge is 0.467 e. The van der Waals surface area contributed by atoms with E-state index >= 15 is 0 Å². The lowest BCUT2D eigenvalue weighted by Gasteiger charge is -2.20. The Kier molecular flexibility index (Phi) is 5.20. The van der Waals surface area contributed by atoms with Gasteiger partial charge >= 0.3 is 0 Å². The fourth-order valence-corrected chi connectivity index (χ4v) is 5.79. The Morgan fingerprint density at radius 1 is 1.09 bits per heavy atom. The van der Waals surface area contributed by atoms with Gasteiger partial charge in [-0.25, -0.2) is 9.99 Å². The van der Waals surface area contributed by atoms with E-state index in [1.807, 2.05) is 59.3 Å². The quantitative estimate of drug-likeness (QED) is 0.344. The van der Waals surface area contributed by atoms with E-state index in [0.717, 1.165) is 21.7 Å². The average Bonchev–Trinajstić information content (AvgIpc) is 3.67. The van der Waals surface area contributed by atoms with Gasteiger partial charge in [0.15, 0.2) is 0 Å². The molecule has 1 atom stereocenters. The fourth-order valence-electron chi connectivity index (χ4n) is 4.16. The molecule has 6 rings (SSSR count). The van der Waals surface area contributed by atoms with Crippen LogP contribution in [0, 0.1) is 0 Å². The number of nitrogens with zero attached hydrogens (tertiary/aromatic N) is 4. The third kappa shape index (κ3) is 3.59. The second-order valence-corrected chi connectivity index (χ2v) is 9.68. The van der Waals surface area contributed by atoms with E-state index in [9.17, 15) is 9.59 Å². The molecule has 9 heteroatoms. The molecule has 4 aromatic heterocycles. The van der Waals surface area contributed by atoms with Crippen LogP contribution in [0.5, 0.6) is 0 Å². The summed E-state index contributed by atoms with van der Waals surface area (Å²) >= 11 is 3.00. The number of rotatable bonds is 5. The molecule has 34 heavy (non-hydrogen) atoms. The molecule has 0 fully saturated rings. The zero-order valence-electron chi connectivity index (χ0n) is 17.8. The third-order valence-corrected chi connectivity index (χ3v) is 7.60. The maximum atomic E-state index is 13.4. The van der Waals surface area contributed by atoms with Crippen LogP contribution in [0.15, 0.2) is 92.3 Å². The van der Waals surface area contributed by atoms with Crippen LogP contribution in [0.1, 0.15) is 23.1 Å². The number of hydrazone groups is 1. The van der Waals surface area contributed by atoms with Crippen molar-refractivity contribution in [2.24, 2.45) is 5.10 Å². The molecular formula is C25H18N4O3S2. The third-order valence-electron chi connectivity index (χ3n) is 5.79.